The van der Waals surface area contributed by atoms with Crippen molar-refractivity contribution >= 4 is 29.3 Å². The summed E-state index contributed by atoms with van der Waals surface area (Å²) < 4.78 is 1.75. The van der Waals surface area contributed by atoms with E-state index in [2.05, 4.69) is 21.5 Å². The molecule has 3 aromatic rings. The second-order valence-electron chi connectivity index (χ2n) is 7.45. The molecule has 7 nitrogen and oxygen atoms in total. The molecule has 156 valence electrons. The lowest BCUT2D eigenvalue weighted by molar-refractivity contribution is -0.113. The summed E-state index contributed by atoms with van der Waals surface area (Å²) in [7, 11) is 0. The van der Waals surface area contributed by atoms with Crippen LogP contribution in [0.1, 0.15) is 53.0 Å². The second-order valence-corrected chi connectivity index (χ2v) is 8.42. The van der Waals surface area contributed by atoms with Gasteiger partial charge in [0.15, 0.2) is 5.78 Å². The Hall–Kier alpha value is -3.44. The van der Waals surface area contributed by atoms with Crippen LogP contribution in [-0.4, -0.2) is 32.2 Å². The Bertz CT molecular complexity index is 1190. The van der Waals surface area contributed by atoms with Gasteiger partial charge in [-0.3, -0.25) is 9.59 Å². The third kappa shape index (κ3) is 4.67. The van der Waals surface area contributed by atoms with Gasteiger partial charge < -0.3 is 5.32 Å². The van der Waals surface area contributed by atoms with E-state index in [1.54, 1.807) is 11.6 Å². The number of hydrogen-bond donors (Lipinski definition) is 1. The van der Waals surface area contributed by atoms with Crippen molar-refractivity contribution in [3.8, 4) is 11.8 Å². The fraction of sp³-hybridized carbons (Fsp3) is 0.261. The third-order valence-corrected chi connectivity index (χ3v) is 6.00. The highest BCUT2D eigenvalue weighted by molar-refractivity contribution is 8.00. The molecule has 1 aromatic carbocycles. The Morgan fingerprint density at radius 3 is 2.65 bits per heavy atom. The van der Waals surface area contributed by atoms with E-state index in [0.29, 0.717) is 33.6 Å². The number of pyridine rings is 1. The molecule has 0 spiro atoms. The van der Waals surface area contributed by atoms with Crippen LogP contribution >= 0.6 is 11.8 Å². The van der Waals surface area contributed by atoms with Crippen molar-refractivity contribution in [1.29, 1.82) is 5.26 Å². The SMILES string of the molecule is CC(=O)c1cc(C#N)c(SCC(=O)Nc2cc(C3CC3)nn2-c2ccccc2)nc1C. The summed E-state index contributed by atoms with van der Waals surface area (Å²) in [5.74, 6) is 0.800. The van der Waals surface area contributed by atoms with E-state index in [0.717, 1.165) is 24.2 Å². The van der Waals surface area contributed by atoms with Gasteiger partial charge in [0.05, 0.1) is 22.7 Å². The summed E-state index contributed by atoms with van der Waals surface area (Å²) in [5, 5.41) is 17.5. The maximum Gasteiger partial charge on any atom is 0.235 e. The van der Waals surface area contributed by atoms with Gasteiger partial charge >= 0.3 is 0 Å². The number of Topliss-reactive ketones (excluding diaryl/α,β-unsaturated/α-hetero) is 1. The van der Waals surface area contributed by atoms with Gasteiger partial charge in [-0.05, 0) is 44.9 Å². The minimum absolute atomic E-state index is 0.0826. The summed E-state index contributed by atoms with van der Waals surface area (Å²) in [6.45, 7) is 3.16. The highest BCUT2D eigenvalue weighted by Gasteiger charge is 2.28. The number of benzene rings is 1. The number of nitriles is 1. The summed E-state index contributed by atoms with van der Waals surface area (Å²) in [5.41, 5.74) is 3.12. The normalized spacial score (nSPS) is 12.9. The van der Waals surface area contributed by atoms with Crippen LogP contribution in [-0.2, 0) is 4.79 Å². The van der Waals surface area contributed by atoms with Crippen molar-refractivity contribution in [2.75, 3.05) is 11.1 Å². The molecule has 0 saturated heterocycles. The van der Waals surface area contributed by atoms with Gasteiger partial charge in [-0.2, -0.15) is 10.4 Å². The van der Waals surface area contributed by atoms with E-state index < -0.39 is 0 Å². The van der Waals surface area contributed by atoms with Crippen LogP contribution < -0.4 is 5.32 Å². The van der Waals surface area contributed by atoms with E-state index in [1.165, 1.54) is 24.8 Å². The standard InChI is InChI=1S/C23H21N5O2S/c1-14-19(15(2)29)10-17(12-24)23(25-14)31-13-22(30)26-21-11-20(16-8-9-16)27-28(21)18-6-4-3-5-7-18/h3-7,10-11,16H,8-9,13H2,1-2H3,(H,26,30). The first-order valence-corrected chi connectivity index (χ1v) is 11.0. The molecule has 0 bridgehead atoms. The quantitative estimate of drug-likeness (QED) is 0.443. The molecule has 4 rings (SSSR count). The number of thioether (sulfide) groups is 1. The number of aromatic nitrogens is 3. The van der Waals surface area contributed by atoms with E-state index in [-0.39, 0.29) is 17.4 Å². The number of amides is 1. The van der Waals surface area contributed by atoms with Gasteiger partial charge in [0.25, 0.3) is 0 Å². The van der Waals surface area contributed by atoms with Gasteiger partial charge in [-0.25, -0.2) is 9.67 Å². The third-order valence-electron chi connectivity index (χ3n) is 5.01. The zero-order valence-corrected chi connectivity index (χ0v) is 18.1. The molecule has 0 aliphatic heterocycles. The van der Waals surface area contributed by atoms with E-state index in [9.17, 15) is 14.9 Å². The Balaban J connectivity index is 1.51. The van der Waals surface area contributed by atoms with Crippen molar-refractivity contribution in [1.82, 2.24) is 14.8 Å². The van der Waals surface area contributed by atoms with Crippen molar-refractivity contribution in [3.63, 3.8) is 0 Å². The molecule has 1 amide bonds. The zero-order valence-electron chi connectivity index (χ0n) is 17.3. The maximum absolute atomic E-state index is 12.7. The Labute approximate surface area is 184 Å². The van der Waals surface area contributed by atoms with E-state index >= 15 is 0 Å². The average molecular weight is 432 g/mol. The van der Waals surface area contributed by atoms with Crippen LogP contribution in [0, 0.1) is 18.3 Å². The first-order valence-electron chi connectivity index (χ1n) is 9.97. The maximum atomic E-state index is 12.7. The van der Waals surface area contributed by atoms with E-state index in [4.69, 9.17) is 0 Å². The van der Waals surface area contributed by atoms with Crippen LogP contribution in [0.2, 0.25) is 0 Å². The van der Waals surface area contributed by atoms with Gasteiger partial charge in [-0.1, -0.05) is 30.0 Å². The molecule has 8 heteroatoms. The number of hydrogen-bond acceptors (Lipinski definition) is 6. The van der Waals surface area contributed by atoms with Crippen molar-refractivity contribution in [2.24, 2.45) is 0 Å². The minimum Gasteiger partial charge on any atom is -0.310 e. The van der Waals surface area contributed by atoms with Gasteiger partial charge in [0, 0.05) is 23.2 Å². The Kier molecular flexibility index (Phi) is 5.87. The lowest BCUT2D eigenvalue weighted by atomic mass is 10.1. The summed E-state index contributed by atoms with van der Waals surface area (Å²) in [6.07, 6.45) is 2.24. The smallest absolute Gasteiger partial charge is 0.235 e. The molecule has 2 aromatic heterocycles. The van der Waals surface area contributed by atoms with E-state index in [1.807, 2.05) is 36.4 Å². The average Bonchev–Trinajstić information content (AvgIpc) is 3.53. The molecule has 2 heterocycles. The van der Waals surface area contributed by atoms with Crippen molar-refractivity contribution in [3.05, 3.63) is 65.0 Å². The number of para-hydroxylation sites is 1. The lowest BCUT2D eigenvalue weighted by Crippen LogP contribution is -2.17. The first-order chi connectivity index (χ1) is 15.0. The number of anilines is 1. The van der Waals surface area contributed by atoms with Gasteiger partial charge in [0.1, 0.15) is 16.9 Å². The van der Waals surface area contributed by atoms with Gasteiger partial charge in [0.2, 0.25) is 5.91 Å². The highest BCUT2D eigenvalue weighted by atomic mass is 32.2. The molecule has 0 atom stereocenters. The van der Waals surface area contributed by atoms with Crippen molar-refractivity contribution < 1.29 is 9.59 Å². The van der Waals surface area contributed by atoms with Crippen LogP contribution in [0.15, 0.2) is 47.5 Å². The predicted octanol–water partition coefficient (Wildman–Crippen LogP) is 4.26. The lowest BCUT2D eigenvalue weighted by Gasteiger charge is -2.10. The zero-order chi connectivity index (χ0) is 22.0. The molecular formula is C23H21N5O2S. The molecule has 1 N–H and O–H groups in total. The molecular weight excluding hydrogens is 410 g/mol. The van der Waals surface area contributed by atoms with Crippen LogP contribution in [0.4, 0.5) is 5.82 Å². The summed E-state index contributed by atoms with van der Waals surface area (Å²) in [6, 6.07) is 15.2. The van der Waals surface area contributed by atoms with Crippen LogP contribution in [0.3, 0.4) is 0 Å². The number of ketones is 1. The number of nitrogens with one attached hydrogen (secondary N) is 1. The Morgan fingerprint density at radius 1 is 1.26 bits per heavy atom. The Morgan fingerprint density at radius 2 is 2.00 bits per heavy atom. The number of carbonyl (C=O) groups is 2. The van der Waals surface area contributed by atoms with Gasteiger partial charge in [-0.15, -0.1) is 0 Å². The summed E-state index contributed by atoms with van der Waals surface area (Å²) in [4.78, 5) is 28.7. The number of aryl methyl sites for hydroxylation is 1. The second kappa shape index (κ2) is 8.74. The fourth-order valence-electron chi connectivity index (χ4n) is 3.28. The molecule has 1 aliphatic carbocycles. The molecule has 1 aliphatic rings. The molecule has 1 fully saturated rings. The monoisotopic (exact) mass is 431 g/mol. The largest absolute Gasteiger partial charge is 0.310 e. The first kappa shape index (κ1) is 20.8. The highest BCUT2D eigenvalue weighted by Crippen LogP contribution is 2.40. The summed E-state index contributed by atoms with van der Waals surface area (Å²) >= 11 is 1.17. The number of carbonyl (C=O) groups excluding carboxylic acids is 2. The number of rotatable bonds is 7. The topological polar surface area (TPSA) is 101 Å². The molecule has 1 saturated carbocycles. The predicted molar refractivity (Wildman–Crippen MR) is 119 cm³/mol. The minimum atomic E-state index is -0.219. The van der Waals surface area contributed by atoms with Crippen LogP contribution in [0.5, 0.6) is 0 Å². The van der Waals surface area contributed by atoms with Crippen LogP contribution in [0.25, 0.3) is 5.69 Å². The molecule has 0 radical (unpaired) electrons. The molecule has 31 heavy (non-hydrogen) atoms. The number of nitrogens with zero attached hydrogens (tertiary/aromatic N) is 4. The molecule has 0 unspecified atom stereocenters. The fourth-order valence-corrected chi connectivity index (χ4v) is 4.08. The van der Waals surface area contributed by atoms with Crippen molar-refractivity contribution in [2.45, 2.75) is 37.6 Å².